The van der Waals surface area contributed by atoms with Crippen molar-refractivity contribution in [3.05, 3.63) is 23.8 Å². The molecule has 1 aliphatic rings. The van der Waals surface area contributed by atoms with E-state index in [0.717, 1.165) is 24.8 Å². The molecule has 0 spiro atoms. The normalized spacial score (nSPS) is 16.2. The van der Waals surface area contributed by atoms with Crippen molar-refractivity contribution < 1.29 is 19.5 Å². The van der Waals surface area contributed by atoms with Gasteiger partial charge in [-0.2, -0.15) is 0 Å². The summed E-state index contributed by atoms with van der Waals surface area (Å²) in [4.78, 5) is 35.3. The molecule has 24 heavy (non-hydrogen) atoms. The van der Waals surface area contributed by atoms with E-state index in [-0.39, 0.29) is 18.2 Å². The van der Waals surface area contributed by atoms with Crippen LogP contribution in [0, 0.1) is 12.3 Å². The van der Waals surface area contributed by atoms with Crippen LogP contribution in [0.4, 0.5) is 11.4 Å². The summed E-state index contributed by atoms with van der Waals surface area (Å²) in [7, 11) is 0. The number of anilines is 2. The molecule has 1 saturated carbocycles. The number of aliphatic carboxylic acids is 1. The molecule has 6 nitrogen and oxygen atoms in total. The molecule has 1 aromatic carbocycles. The van der Waals surface area contributed by atoms with Crippen LogP contribution in [-0.4, -0.2) is 22.9 Å². The molecule has 0 atom stereocenters. The maximum Gasteiger partial charge on any atom is 0.310 e. The molecular weight excluding hydrogens is 308 g/mol. The third kappa shape index (κ3) is 4.13. The summed E-state index contributed by atoms with van der Waals surface area (Å²) < 4.78 is 0. The van der Waals surface area contributed by atoms with Crippen LogP contribution in [0.5, 0.6) is 0 Å². The molecule has 6 heteroatoms. The van der Waals surface area contributed by atoms with E-state index >= 15 is 0 Å². The highest BCUT2D eigenvalue weighted by Crippen LogP contribution is 2.40. The SMILES string of the molecule is CC(=O)Nc1cccc(NC(=O)CC2(C(=O)O)CCCCC2)c1C. The Labute approximate surface area is 141 Å². The molecule has 0 heterocycles. The molecule has 0 radical (unpaired) electrons. The Morgan fingerprint density at radius 2 is 1.67 bits per heavy atom. The third-order valence-corrected chi connectivity index (χ3v) is 4.68. The zero-order valence-corrected chi connectivity index (χ0v) is 14.1. The van der Waals surface area contributed by atoms with Crippen molar-refractivity contribution in [3.63, 3.8) is 0 Å². The first-order chi connectivity index (χ1) is 11.3. The number of rotatable bonds is 5. The second-order valence-electron chi connectivity index (χ2n) is 6.53. The largest absolute Gasteiger partial charge is 0.481 e. The number of carboxylic acids is 1. The number of hydrogen-bond donors (Lipinski definition) is 3. The number of amides is 2. The highest BCUT2D eigenvalue weighted by molar-refractivity contribution is 5.97. The van der Waals surface area contributed by atoms with Crippen molar-refractivity contribution >= 4 is 29.2 Å². The minimum absolute atomic E-state index is 0.0217. The second-order valence-corrected chi connectivity index (χ2v) is 6.53. The Morgan fingerprint density at radius 1 is 1.08 bits per heavy atom. The molecule has 0 unspecified atom stereocenters. The molecule has 0 saturated heterocycles. The van der Waals surface area contributed by atoms with Crippen LogP contribution in [0.25, 0.3) is 0 Å². The van der Waals surface area contributed by atoms with Gasteiger partial charge in [-0.15, -0.1) is 0 Å². The van der Waals surface area contributed by atoms with E-state index in [1.165, 1.54) is 6.92 Å². The quantitative estimate of drug-likeness (QED) is 0.771. The van der Waals surface area contributed by atoms with Gasteiger partial charge in [0.15, 0.2) is 0 Å². The summed E-state index contributed by atoms with van der Waals surface area (Å²) in [6.45, 7) is 3.22. The molecule has 1 aromatic rings. The van der Waals surface area contributed by atoms with Gasteiger partial charge >= 0.3 is 5.97 Å². The van der Waals surface area contributed by atoms with Gasteiger partial charge < -0.3 is 15.7 Å². The molecule has 130 valence electrons. The van der Waals surface area contributed by atoms with Gasteiger partial charge in [-0.25, -0.2) is 0 Å². The number of carboxylic acid groups (broad SMARTS) is 1. The van der Waals surface area contributed by atoms with E-state index in [1.807, 2.05) is 0 Å². The van der Waals surface area contributed by atoms with Crippen LogP contribution >= 0.6 is 0 Å². The Morgan fingerprint density at radius 3 is 2.21 bits per heavy atom. The fourth-order valence-corrected chi connectivity index (χ4v) is 3.29. The minimum atomic E-state index is -0.953. The van der Waals surface area contributed by atoms with Crippen molar-refractivity contribution in [2.24, 2.45) is 5.41 Å². The average molecular weight is 332 g/mol. The lowest BCUT2D eigenvalue weighted by molar-refractivity contribution is -0.153. The van der Waals surface area contributed by atoms with Crippen LogP contribution in [0.3, 0.4) is 0 Å². The van der Waals surface area contributed by atoms with Crippen molar-refractivity contribution in [2.45, 2.75) is 52.4 Å². The Balaban J connectivity index is 2.12. The van der Waals surface area contributed by atoms with Crippen LogP contribution in [0.1, 0.15) is 51.0 Å². The van der Waals surface area contributed by atoms with Crippen molar-refractivity contribution in [3.8, 4) is 0 Å². The van der Waals surface area contributed by atoms with E-state index in [9.17, 15) is 19.5 Å². The molecule has 0 aromatic heterocycles. The van der Waals surface area contributed by atoms with E-state index in [2.05, 4.69) is 10.6 Å². The molecule has 1 fully saturated rings. The summed E-state index contributed by atoms with van der Waals surface area (Å²) in [5, 5.41) is 15.1. The summed E-state index contributed by atoms with van der Waals surface area (Å²) in [5.41, 5.74) is 1.01. The maximum atomic E-state index is 12.4. The molecule has 0 aliphatic heterocycles. The van der Waals surface area contributed by atoms with Gasteiger partial charge in [0.2, 0.25) is 11.8 Å². The first-order valence-corrected chi connectivity index (χ1v) is 8.24. The van der Waals surface area contributed by atoms with Crippen molar-refractivity contribution in [2.75, 3.05) is 10.6 Å². The minimum Gasteiger partial charge on any atom is -0.481 e. The first-order valence-electron chi connectivity index (χ1n) is 8.24. The first kappa shape index (κ1) is 18.0. The zero-order chi connectivity index (χ0) is 17.7. The number of carbonyl (C=O) groups excluding carboxylic acids is 2. The summed E-state index contributed by atoms with van der Waals surface area (Å²) in [6, 6.07) is 5.24. The number of nitrogens with one attached hydrogen (secondary N) is 2. The predicted molar refractivity (Wildman–Crippen MR) is 91.9 cm³/mol. The van der Waals surface area contributed by atoms with Gasteiger partial charge in [-0.3, -0.25) is 14.4 Å². The highest BCUT2D eigenvalue weighted by Gasteiger charge is 2.41. The third-order valence-electron chi connectivity index (χ3n) is 4.68. The standard InChI is InChI=1S/C18H24N2O4/c1-12-14(19-13(2)21)7-6-8-15(12)20-16(22)11-18(17(23)24)9-4-3-5-10-18/h6-8H,3-5,9-11H2,1-2H3,(H,19,21)(H,20,22)(H,23,24). The second kappa shape index (κ2) is 7.47. The predicted octanol–water partition coefficient (Wildman–Crippen LogP) is 3.32. The molecule has 0 bridgehead atoms. The summed E-state index contributed by atoms with van der Waals surface area (Å²) in [6.07, 6.45) is 3.77. The van der Waals surface area contributed by atoms with Crippen LogP contribution in [0.2, 0.25) is 0 Å². The zero-order valence-electron chi connectivity index (χ0n) is 14.1. The average Bonchev–Trinajstić information content (AvgIpc) is 2.51. The smallest absolute Gasteiger partial charge is 0.310 e. The van der Waals surface area contributed by atoms with Gasteiger partial charge in [0.25, 0.3) is 0 Å². The van der Waals surface area contributed by atoms with E-state index in [4.69, 9.17) is 0 Å². The number of carbonyl (C=O) groups is 3. The number of hydrogen-bond acceptors (Lipinski definition) is 3. The van der Waals surface area contributed by atoms with Gasteiger partial charge in [0.1, 0.15) is 0 Å². The molecule has 1 aliphatic carbocycles. The fraction of sp³-hybridized carbons (Fsp3) is 0.500. The number of benzene rings is 1. The van der Waals surface area contributed by atoms with Crippen molar-refractivity contribution in [1.82, 2.24) is 0 Å². The van der Waals surface area contributed by atoms with Gasteiger partial charge in [0.05, 0.1) is 5.41 Å². The van der Waals surface area contributed by atoms with Crippen LogP contribution < -0.4 is 10.6 Å². The Bertz CT molecular complexity index is 648. The maximum absolute atomic E-state index is 12.4. The molecule has 3 N–H and O–H groups in total. The van der Waals surface area contributed by atoms with Crippen LogP contribution in [0.15, 0.2) is 18.2 Å². The molecule has 2 rings (SSSR count). The lowest BCUT2D eigenvalue weighted by Gasteiger charge is -2.32. The summed E-state index contributed by atoms with van der Waals surface area (Å²) >= 11 is 0. The van der Waals surface area contributed by atoms with E-state index in [0.29, 0.717) is 24.2 Å². The highest BCUT2D eigenvalue weighted by atomic mass is 16.4. The lowest BCUT2D eigenvalue weighted by atomic mass is 9.71. The summed E-state index contributed by atoms with van der Waals surface area (Å²) in [5.74, 6) is -1.38. The van der Waals surface area contributed by atoms with Gasteiger partial charge in [-0.1, -0.05) is 25.3 Å². The van der Waals surface area contributed by atoms with E-state index in [1.54, 1.807) is 25.1 Å². The Hall–Kier alpha value is -2.37. The molecule has 2 amide bonds. The molecular formula is C18H24N2O4. The van der Waals surface area contributed by atoms with Gasteiger partial charge in [-0.05, 0) is 37.5 Å². The topological polar surface area (TPSA) is 95.5 Å². The lowest BCUT2D eigenvalue weighted by Crippen LogP contribution is -2.37. The fourth-order valence-electron chi connectivity index (χ4n) is 3.29. The van der Waals surface area contributed by atoms with Gasteiger partial charge in [0, 0.05) is 24.7 Å². The Kier molecular flexibility index (Phi) is 5.59. The van der Waals surface area contributed by atoms with Crippen LogP contribution in [-0.2, 0) is 14.4 Å². The monoisotopic (exact) mass is 332 g/mol. The van der Waals surface area contributed by atoms with E-state index < -0.39 is 11.4 Å². The van der Waals surface area contributed by atoms with Crippen molar-refractivity contribution in [1.29, 1.82) is 0 Å².